The number of methoxy groups -OCH3 is 1. The molecule has 0 aliphatic heterocycles. The maximum absolute atomic E-state index is 12.1. The minimum atomic E-state index is -3.45. The van der Waals surface area contributed by atoms with Gasteiger partial charge in [0.1, 0.15) is 5.75 Å². The molecule has 0 unspecified atom stereocenters. The molecule has 0 aliphatic carbocycles. The van der Waals surface area contributed by atoms with Crippen LogP contribution in [0.5, 0.6) is 5.75 Å². The van der Waals surface area contributed by atoms with E-state index in [1.165, 1.54) is 4.31 Å². The quantitative estimate of drug-likeness (QED) is 0.774. The normalized spacial score (nSPS) is 11.3. The summed E-state index contributed by atoms with van der Waals surface area (Å²) < 4.78 is 30.2. The number of carbonyl (C=O) groups is 1. The number of aromatic nitrogens is 1. The van der Waals surface area contributed by atoms with Crippen molar-refractivity contribution >= 4 is 21.6 Å². The molecule has 1 aromatic heterocycles. The number of pyridine rings is 1. The SMILES string of the molecule is COc1cccc(NC(=O)CCN(Cc2ccccn2)S(C)(=O)=O)c1. The molecule has 1 N–H and O–H groups in total. The summed E-state index contributed by atoms with van der Waals surface area (Å²) in [5.74, 6) is 0.355. The highest BCUT2D eigenvalue weighted by Gasteiger charge is 2.19. The van der Waals surface area contributed by atoms with Crippen molar-refractivity contribution in [2.75, 3.05) is 25.2 Å². The van der Waals surface area contributed by atoms with Crippen LogP contribution in [0, 0.1) is 0 Å². The van der Waals surface area contributed by atoms with Crippen molar-refractivity contribution in [3.05, 3.63) is 54.4 Å². The average Bonchev–Trinajstić information content (AvgIpc) is 2.58. The van der Waals surface area contributed by atoms with Crippen molar-refractivity contribution in [1.29, 1.82) is 0 Å². The highest BCUT2D eigenvalue weighted by atomic mass is 32.2. The maximum Gasteiger partial charge on any atom is 0.225 e. The summed E-state index contributed by atoms with van der Waals surface area (Å²) in [4.78, 5) is 16.2. The number of carbonyl (C=O) groups excluding carboxylic acids is 1. The van der Waals surface area contributed by atoms with Crippen molar-refractivity contribution in [1.82, 2.24) is 9.29 Å². The largest absolute Gasteiger partial charge is 0.497 e. The summed E-state index contributed by atoms with van der Waals surface area (Å²) in [6.45, 7) is 0.206. The summed E-state index contributed by atoms with van der Waals surface area (Å²) in [5, 5.41) is 2.73. The Morgan fingerprint density at radius 1 is 1.24 bits per heavy atom. The van der Waals surface area contributed by atoms with E-state index < -0.39 is 10.0 Å². The monoisotopic (exact) mass is 363 g/mol. The van der Waals surface area contributed by atoms with Crippen LogP contribution < -0.4 is 10.1 Å². The highest BCUT2D eigenvalue weighted by molar-refractivity contribution is 7.88. The molecule has 1 aromatic carbocycles. The molecule has 8 heteroatoms. The molecule has 2 rings (SSSR count). The van der Waals surface area contributed by atoms with E-state index in [-0.39, 0.29) is 25.4 Å². The second kappa shape index (κ2) is 8.59. The first-order chi connectivity index (χ1) is 11.9. The molecule has 0 spiro atoms. The zero-order valence-electron chi connectivity index (χ0n) is 14.2. The Morgan fingerprint density at radius 2 is 2.04 bits per heavy atom. The molecule has 7 nitrogen and oxygen atoms in total. The van der Waals surface area contributed by atoms with Crippen molar-refractivity contribution in [3.8, 4) is 5.75 Å². The van der Waals surface area contributed by atoms with E-state index in [4.69, 9.17) is 4.74 Å². The van der Waals surface area contributed by atoms with Gasteiger partial charge < -0.3 is 10.1 Å². The molecule has 0 saturated heterocycles. The van der Waals surface area contributed by atoms with Crippen LogP contribution in [0.4, 0.5) is 5.69 Å². The molecule has 2 aromatic rings. The van der Waals surface area contributed by atoms with Gasteiger partial charge in [0.05, 0.1) is 25.6 Å². The molecule has 25 heavy (non-hydrogen) atoms. The maximum atomic E-state index is 12.1. The fraction of sp³-hybridized carbons (Fsp3) is 0.294. The second-order valence-corrected chi connectivity index (χ2v) is 7.43. The van der Waals surface area contributed by atoms with E-state index in [1.54, 1.807) is 55.8 Å². The zero-order chi connectivity index (χ0) is 18.3. The second-order valence-electron chi connectivity index (χ2n) is 5.45. The molecule has 1 heterocycles. The van der Waals surface area contributed by atoms with E-state index in [9.17, 15) is 13.2 Å². The van der Waals surface area contributed by atoms with Gasteiger partial charge in [-0.05, 0) is 24.3 Å². The third kappa shape index (κ3) is 6.17. The smallest absolute Gasteiger partial charge is 0.225 e. The third-order valence-corrected chi connectivity index (χ3v) is 4.72. The fourth-order valence-electron chi connectivity index (χ4n) is 2.19. The van der Waals surface area contributed by atoms with Crippen LogP contribution in [0.15, 0.2) is 48.7 Å². The number of rotatable bonds is 8. The number of sulfonamides is 1. The van der Waals surface area contributed by atoms with Crippen LogP contribution in [-0.4, -0.2) is 43.5 Å². The fourth-order valence-corrected chi connectivity index (χ4v) is 2.97. The summed E-state index contributed by atoms with van der Waals surface area (Å²) in [6.07, 6.45) is 2.76. The van der Waals surface area contributed by atoms with Gasteiger partial charge >= 0.3 is 0 Å². The lowest BCUT2D eigenvalue weighted by Gasteiger charge is -2.19. The van der Waals surface area contributed by atoms with Gasteiger partial charge in [0.2, 0.25) is 15.9 Å². The van der Waals surface area contributed by atoms with Gasteiger partial charge in [0.15, 0.2) is 0 Å². The Kier molecular flexibility index (Phi) is 6.49. The van der Waals surface area contributed by atoms with Crippen molar-refractivity contribution in [3.63, 3.8) is 0 Å². The highest BCUT2D eigenvalue weighted by Crippen LogP contribution is 2.17. The van der Waals surface area contributed by atoms with E-state index in [0.717, 1.165) is 6.26 Å². The Hall–Kier alpha value is -2.45. The molecule has 1 amide bonds. The van der Waals surface area contributed by atoms with Crippen LogP contribution in [0.3, 0.4) is 0 Å². The van der Waals surface area contributed by atoms with Gasteiger partial charge in [-0.3, -0.25) is 9.78 Å². The Labute approximate surface area is 147 Å². The van der Waals surface area contributed by atoms with E-state index >= 15 is 0 Å². The molecular formula is C17H21N3O4S. The first kappa shape index (κ1) is 18.9. The van der Waals surface area contributed by atoms with Crippen molar-refractivity contribution in [2.24, 2.45) is 0 Å². The minimum Gasteiger partial charge on any atom is -0.497 e. The zero-order valence-corrected chi connectivity index (χ0v) is 15.0. The molecule has 0 fully saturated rings. The molecule has 0 bridgehead atoms. The number of ether oxygens (including phenoxy) is 1. The van der Waals surface area contributed by atoms with Gasteiger partial charge in [0, 0.05) is 30.9 Å². The van der Waals surface area contributed by atoms with Crippen LogP contribution in [0.25, 0.3) is 0 Å². The lowest BCUT2D eigenvalue weighted by molar-refractivity contribution is -0.116. The minimum absolute atomic E-state index is 0.0388. The summed E-state index contributed by atoms with van der Waals surface area (Å²) in [6, 6.07) is 12.3. The van der Waals surface area contributed by atoms with E-state index in [1.807, 2.05) is 0 Å². The number of nitrogens with zero attached hydrogens (tertiary/aromatic N) is 2. The molecule has 0 atom stereocenters. The number of amides is 1. The first-order valence-corrected chi connectivity index (χ1v) is 9.52. The molecule has 0 saturated carbocycles. The summed E-state index contributed by atoms with van der Waals surface area (Å²) in [5.41, 5.74) is 1.22. The summed E-state index contributed by atoms with van der Waals surface area (Å²) >= 11 is 0. The van der Waals surface area contributed by atoms with Crippen LogP contribution in [-0.2, 0) is 21.4 Å². The van der Waals surface area contributed by atoms with E-state index in [0.29, 0.717) is 17.1 Å². The third-order valence-electron chi connectivity index (χ3n) is 3.48. The molecule has 134 valence electrons. The van der Waals surface area contributed by atoms with Crippen LogP contribution >= 0.6 is 0 Å². The van der Waals surface area contributed by atoms with Gasteiger partial charge in [-0.15, -0.1) is 0 Å². The van der Waals surface area contributed by atoms with Crippen LogP contribution in [0.1, 0.15) is 12.1 Å². The number of nitrogens with one attached hydrogen (secondary N) is 1. The Balaban J connectivity index is 1.96. The average molecular weight is 363 g/mol. The lowest BCUT2D eigenvalue weighted by atomic mass is 10.3. The predicted molar refractivity (Wildman–Crippen MR) is 95.7 cm³/mol. The topological polar surface area (TPSA) is 88.6 Å². The Morgan fingerprint density at radius 3 is 2.68 bits per heavy atom. The Bertz CT molecular complexity index is 810. The standard InChI is InChI=1S/C17H21N3O4S/c1-24-16-8-5-7-14(12-16)19-17(21)9-11-20(25(2,22)23)13-15-6-3-4-10-18-15/h3-8,10,12H,9,11,13H2,1-2H3,(H,19,21). The number of anilines is 1. The van der Waals surface area contributed by atoms with Gasteiger partial charge in [-0.25, -0.2) is 8.42 Å². The number of hydrogen-bond donors (Lipinski definition) is 1. The first-order valence-electron chi connectivity index (χ1n) is 7.67. The van der Waals surface area contributed by atoms with Gasteiger partial charge in [0.25, 0.3) is 0 Å². The van der Waals surface area contributed by atoms with Gasteiger partial charge in [-0.1, -0.05) is 12.1 Å². The molecule has 0 radical (unpaired) electrons. The number of benzene rings is 1. The molecular weight excluding hydrogens is 342 g/mol. The van der Waals surface area contributed by atoms with E-state index in [2.05, 4.69) is 10.3 Å². The van der Waals surface area contributed by atoms with Crippen molar-refractivity contribution in [2.45, 2.75) is 13.0 Å². The predicted octanol–water partition coefficient (Wildman–Crippen LogP) is 1.88. The van der Waals surface area contributed by atoms with Crippen molar-refractivity contribution < 1.29 is 17.9 Å². The molecule has 0 aliphatic rings. The summed E-state index contributed by atoms with van der Waals surface area (Å²) in [7, 11) is -1.90. The van der Waals surface area contributed by atoms with Gasteiger partial charge in [-0.2, -0.15) is 4.31 Å². The number of hydrogen-bond acceptors (Lipinski definition) is 5. The van der Waals surface area contributed by atoms with Crippen LogP contribution in [0.2, 0.25) is 0 Å². The lowest BCUT2D eigenvalue weighted by Crippen LogP contribution is -2.32.